The summed E-state index contributed by atoms with van der Waals surface area (Å²) >= 11 is 0. The maximum atomic E-state index is 13.3. The Morgan fingerprint density at radius 1 is 1.07 bits per heavy atom. The number of amides is 1. The minimum atomic E-state index is -1.97. The molecule has 1 aliphatic heterocycles. The molecule has 0 aromatic heterocycles. The average molecular weight is 412 g/mol. The van der Waals surface area contributed by atoms with Crippen LogP contribution in [0.5, 0.6) is 0 Å². The molecule has 0 radical (unpaired) electrons. The zero-order valence-electron chi connectivity index (χ0n) is 18.5. The summed E-state index contributed by atoms with van der Waals surface area (Å²) in [4.78, 5) is 39.8. The lowest BCUT2D eigenvalue weighted by atomic mass is 9.79. The van der Waals surface area contributed by atoms with Gasteiger partial charge in [-0.3, -0.25) is 9.59 Å². The van der Waals surface area contributed by atoms with Gasteiger partial charge < -0.3 is 21.5 Å². The Labute approximate surface area is 175 Å². The fourth-order valence-corrected chi connectivity index (χ4v) is 4.35. The molecule has 0 saturated carbocycles. The van der Waals surface area contributed by atoms with Crippen molar-refractivity contribution in [2.24, 2.45) is 17.4 Å². The zero-order valence-corrected chi connectivity index (χ0v) is 18.5. The lowest BCUT2D eigenvalue weighted by Gasteiger charge is -2.38. The number of carboxylic acids is 1. The van der Waals surface area contributed by atoms with Gasteiger partial charge in [0.25, 0.3) is 0 Å². The van der Waals surface area contributed by atoms with E-state index in [1.807, 2.05) is 0 Å². The number of Topliss-reactive ketones (excluding diaryl/α,β-unsaturated/α-hetero) is 1. The maximum Gasteiger partial charge on any atom is 0.339 e. The van der Waals surface area contributed by atoms with Crippen LogP contribution in [0.25, 0.3) is 0 Å². The van der Waals surface area contributed by atoms with E-state index in [2.05, 4.69) is 13.8 Å². The molecule has 1 unspecified atom stereocenters. The van der Waals surface area contributed by atoms with Gasteiger partial charge in [-0.05, 0) is 19.3 Å². The third kappa shape index (κ3) is 6.25. The Morgan fingerprint density at radius 3 is 2.24 bits per heavy atom. The quantitative estimate of drug-likeness (QED) is 0.298. The Balaban J connectivity index is 2.94. The van der Waals surface area contributed by atoms with Crippen molar-refractivity contribution in [1.82, 2.24) is 4.90 Å². The monoisotopic (exact) mass is 411 g/mol. The highest BCUT2D eigenvalue weighted by Crippen LogP contribution is 2.34. The number of carbonyl (C=O) groups excluding carboxylic acids is 2. The number of hydrogen-bond donors (Lipinski definition) is 3. The van der Waals surface area contributed by atoms with Crippen LogP contribution in [0.2, 0.25) is 0 Å². The van der Waals surface area contributed by atoms with E-state index in [0.717, 1.165) is 44.9 Å². The van der Waals surface area contributed by atoms with Crippen LogP contribution >= 0.6 is 0 Å². The van der Waals surface area contributed by atoms with Gasteiger partial charge in [-0.1, -0.05) is 65.7 Å². The fraction of sp³-hybridized carbons (Fsp3) is 0.864. The number of aliphatic carboxylic acids is 1. The smallest absolute Gasteiger partial charge is 0.339 e. The molecule has 7 heteroatoms. The van der Waals surface area contributed by atoms with Crippen LogP contribution in [0.15, 0.2) is 0 Å². The van der Waals surface area contributed by atoms with Crippen molar-refractivity contribution in [2.45, 2.75) is 109 Å². The topological polar surface area (TPSA) is 127 Å². The first-order valence-electron chi connectivity index (χ1n) is 11.3. The molecule has 0 aromatic rings. The predicted molar refractivity (Wildman–Crippen MR) is 114 cm³/mol. The average Bonchev–Trinajstić information content (AvgIpc) is 3.02. The van der Waals surface area contributed by atoms with Crippen LogP contribution in [0.3, 0.4) is 0 Å². The first kappa shape index (κ1) is 25.6. The molecule has 168 valence electrons. The van der Waals surface area contributed by atoms with E-state index in [1.165, 1.54) is 4.90 Å². The van der Waals surface area contributed by atoms with Crippen molar-refractivity contribution in [2.75, 3.05) is 6.54 Å². The van der Waals surface area contributed by atoms with Gasteiger partial charge in [-0.15, -0.1) is 0 Å². The molecule has 1 aliphatic rings. The molecule has 5 N–H and O–H groups in total. The molecule has 1 fully saturated rings. The molecule has 0 aliphatic carbocycles. The number of likely N-dealkylation sites (tertiary alicyclic amines) is 1. The Bertz CT molecular complexity index is 554. The van der Waals surface area contributed by atoms with Gasteiger partial charge >= 0.3 is 5.97 Å². The second kappa shape index (κ2) is 12.3. The van der Waals surface area contributed by atoms with Crippen molar-refractivity contribution in [3.63, 3.8) is 0 Å². The summed E-state index contributed by atoms with van der Waals surface area (Å²) in [6.07, 6.45) is 8.76. The first-order chi connectivity index (χ1) is 13.7. The Morgan fingerprint density at radius 2 is 1.66 bits per heavy atom. The van der Waals surface area contributed by atoms with Crippen LogP contribution in [0, 0.1) is 5.92 Å². The van der Waals surface area contributed by atoms with Crippen molar-refractivity contribution in [1.29, 1.82) is 0 Å². The minimum Gasteiger partial charge on any atom is -0.479 e. The third-order valence-corrected chi connectivity index (χ3v) is 6.18. The summed E-state index contributed by atoms with van der Waals surface area (Å²) in [5.74, 6) is -2.60. The van der Waals surface area contributed by atoms with Crippen LogP contribution in [0.4, 0.5) is 0 Å². The fourth-order valence-electron chi connectivity index (χ4n) is 4.35. The van der Waals surface area contributed by atoms with Gasteiger partial charge in [0, 0.05) is 31.0 Å². The zero-order chi connectivity index (χ0) is 22.0. The molecule has 0 aromatic carbocycles. The first-order valence-corrected chi connectivity index (χ1v) is 11.3. The number of hydrogen-bond acceptors (Lipinski definition) is 5. The highest BCUT2D eigenvalue weighted by molar-refractivity contribution is 6.12. The van der Waals surface area contributed by atoms with Crippen molar-refractivity contribution in [3.8, 4) is 0 Å². The lowest BCUT2D eigenvalue weighted by Crippen LogP contribution is -2.67. The number of carboxylic acid groups (broad SMARTS) is 1. The molecule has 1 rings (SSSR count). The highest BCUT2D eigenvalue weighted by atomic mass is 16.4. The van der Waals surface area contributed by atoms with Crippen LogP contribution in [0.1, 0.15) is 91.4 Å². The van der Waals surface area contributed by atoms with Gasteiger partial charge in [0.05, 0.1) is 0 Å². The number of rotatable bonds is 14. The summed E-state index contributed by atoms with van der Waals surface area (Å²) < 4.78 is 0. The van der Waals surface area contributed by atoms with E-state index in [1.54, 1.807) is 6.92 Å². The standard InChI is InChI=1S/C22H41N3O4/c1-4-6-8-10-11-16(3)20(27)22(21(28)29)18(24)13-14-25(22)19(26)15-17(23)12-9-7-5-2/h16-18H,4-15,23-24H2,1-3H3,(H,28,29)/t16?,17-,18-,22+/m0/s1. The minimum absolute atomic E-state index is 0.0453. The second-order valence-corrected chi connectivity index (χ2v) is 8.59. The molecular weight excluding hydrogens is 370 g/mol. The van der Waals surface area contributed by atoms with E-state index in [0.29, 0.717) is 19.3 Å². The summed E-state index contributed by atoms with van der Waals surface area (Å²) in [5.41, 5.74) is 10.3. The molecule has 0 bridgehead atoms. The van der Waals surface area contributed by atoms with E-state index in [4.69, 9.17) is 11.5 Å². The predicted octanol–water partition coefficient (Wildman–Crippen LogP) is 2.84. The number of nitrogens with zero attached hydrogens (tertiary/aromatic N) is 1. The summed E-state index contributed by atoms with van der Waals surface area (Å²) in [6.45, 7) is 6.14. The SMILES string of the molecule is CCCCCCC(C)C(=O)[C@@]1(C(=O)O)[C@@H](N)CCN1C(=O)C[C@@H](N)CCCCC. The molecular formula is C22H41N3O4. The molecule has 4 atom stereocenters. The maximum absolute atomic E-state index is 13.3. The van der Waals surface area contributed by atoms with Crippen LogP contribution < -0.4 is 11.5 Å². The van der Waals surface area contributed by atoms with E-state index in [-0.39, 0.29) is 24.9 Å². The summed E-state index contributed by atoms with van der Waals surface area (Å²) in [7, 11) is 0. The van der Waals surface area contributed by atoms with Gasteiger partial charge in [0.1, 0.15) is 0 Å². The number of unbranched alkanes of at least 4 members (excludes halogenated alkanes) is 5. The van der Waals surface area contributed by atoms with Crippen LogP contribution in [-0.4, -0.2) is 51.8 Å². The molecule has 1 heterocycles. The molecule has 0 spiro atoms. The van der Waals surface area contributed by atoms with Gasteiger partial charge in [0.2, 0.25) is 11.4 Å². The Kier molecular flexibility index (Phi) is 10.8. The van der Waals surface area contributed by atoms with Crippen LogP contribution in [-0.2, 0) is 14.4 Å². The van der Waals surface area contributed by atoms with Gasteiger partial charge in [-0.25, -0.2) is 4.79 Å². The van der Waals surface area contributed by atoms with Crippen molar-refractivity contribution in [3.05, 3.63) is 0 Å². The van der Waals surface area contributed by atoms with E-state index in [9.17, 15) is 19.5 Å². The van der Waals surface area contributed by atoms with Gasteiger partial charge in [-0.2, -0.15) is 0 Å². The number of carbonyl (C=O) groups is 3. The molecule has 1 saturated heterocycles. The van der Waals surface area contributed by atoms with E-state index < -0.39 is 29.3 Å². The lowest BCUT2D eigenvalue weighted by molar-refractivity contribution is -0.164. The largest absolute Gasteiger partial charge is 0.479 e. The normalized spacial score (nSPS) is 23.8. The Hall–Kier alpha value is -1.47. The summed E-state index contributed by atoms with van der Waals surface area (Å²) in [6, 6.07) is -1.23. The molecule has 29 heavy (non-hydrogen) atoms. The molecule has 7 nitrogen and oxygen atoms in total. The van der Waals surface area contributed by atoms with Crippen molar-refractivity contribution < 1.29 is 19.5 Å². The third-order valence-electron chi connectivity index (χ3n) is 6.18. The van der Waals surface area contributed by atoms with Gasteiger partial charge in [0.15, 0.2) is 5.78 Å². The second-order valence-electron chi connectivity index (χ2n) is 8.59. The molecule has 1 amide bonds. The number of ketones is 1. The van der Waals surface area contributed by atoms with E-state index >= 15 is 0 Å². The highest BCUT2D eigenvalue weighted by Gasteiger charge is 2.61. The summed E-state index contributed by atoms with van der Waals surface area (Å²) in [5, 5.41) is 10.1. The van der Waals surface area contributed by atoms with Crippen molar-refractivity contribution >= 4 is 17.7 Å². The number of nitrogens with two attached hydrogens (primary N) is 2.